The molecule has 0 spiro atoms. The maximum absolute atomic E-state index is 14.4. The number of hydrogen-bond acceptors (Lipinski definition) is 12. The molecule has 0 aromatic heterocycles. The van der Waals surface area contributed by atoms with E-state index >= 15 is 0 Å². The van der Waals surface area contributed by atoms with Crippen molar-refractivity contribution in [3.05, 3.63) is 131 Å². The Balaban J connectivity index is 1.08. The van der Waals surface area contributed by atoms with E-state index in [1.165, 1.54) is 0 Å². The van der Waals surface area contributed by atoms with Gasteiger partial charge >= 0.3 is 0 Å². The van der Waals surface area contributed by atoms with E-state index in [1.54, 1.807) is 38.5 Å². The highest BCUT2D eigenvalue weighted by atomic mass is 31.2. The molecule has 1 unspecified atom stereocenters. The fourth-order valence-electron chi connectivity index (χ4n) is 9.17. The van der Waals surface area contributed by atoms with E-state index < -0.39 is 25.9 Å². The van der Waals surface area contributed by atoms with Gasteiger partial charge in [-0.25, -0.2) is 4.67 Å². The lowest BCUT2D eigenvalue weighted by molar-refractivity contribution is -0.134. The molecule has 380 valence electrons. The molecule has 4 amide bonds. The molecule has 0 radical (unpaired) electrons. The molecule has 4 aromatic carbocycles. The van der Waals surface area contributed by atoms with Gasteiger partial charge in [0.25, 0.3) is 20.3 Å². The van der Waals surface area contributed by atoms with Crippen molar-refractivity contribution in [3.63, 3.8) is 0 Å². The summed E-state index contributed by atoms with van der Waals surface area (Å²) in [5.74, 6) is 0.463. The number of unbranched alkanes of at least 4 members (excludes halogenated alkanes) is 4. The van der Waals surface area contributed by atoms with Crippen molar-refractivity contribution < 1.29 is 47.3 Å². The zero-order valence-corrected chi connectivity index (χ0v) is 42.9. The molecule has 15 nitrogen and oxygen atoms in total. The number of benzene rings is 4. The average molecular weight is 992 g/mol. The van der Waals surface area contributed by atoms with Gasteiger partial charge in [-0.15, -0.1) is 5.06 Å². The zero-order valence-electron chi connectivity index (χ0n) is 42.0. The number of hydrogen-bond donors (Lipinski definition) is 1. The lowest BCUT2D eigenvalue weighted by atomic mass is 9.80. The molecule has 2 heterocycles. The van der Waals surface area contributed by atoms with Crippen LogP contribution in [0, 0.1) is 11.3 Å². The van der Waals surface area contributed by atoms with E-state index in [-0.39, 0.29) is 62.3 Å². The number of carbonyl (C=O) groups excluding carboxylic acids is 4. The van der Waals surface area contributed by atoms with E-state index in [4.69, 9.17) is 28.1 Å². The number of nitriles is 1. The van der Waals surface area contributed by atoms with Crippen molar-refractivity contribution in [2.75, 3.05) is 47.1 Å². The number of hydroxylamine groups is 2. The Morgan fingerprint density at radius 1 is 0.746 bits per heavy atom. The smallest absolute Gasteiger partial charge is 0.285 e. The lowest BCUT2D eigenvalue weighted by Crippen LogP contribution is -2.42. The van der Waals surface area contributed by atoms with Gasteiger partial charge < -0.3 is 33.5 Å². The minimum atomic E-state index is -1.56. The van der Waals surface area contributed by atoms with Gasteiger partial charge in [-0.1, -0.05) is 79.6 Å². The zero-order chi connectivity index (χ0) is 50.8. The van der Waals surface area contributed by atoms with Crippen LogP contribution >= 0.6 is 8.53 Å². The van der Waals surface area contributed by atoms with Crippen molar-refractivity contribution in [2.24, 2.45) is 0 Å². The van der Waals surface area contributed by atoms with Gasteiger partial charge in [0.05, 0.1) is 69.8 Å². The Kier molecular flexibility index (Phi) is 20.9. The monoisotopic (exact) mass is 991 g/mol. The Morgan fingerprint density at radius 3 is 1.89 bits per heavy atom. The van der Waals surface area contributed by atoms with Gasteiger partial charge in [0, 0.05) is 38.0 Å². The van der Waals surface area contributed by atoms with Gasteiger partial charge in [-0.2, -0.15) is 5.26 Å². The normalized spacial score (nSPS) is 16.2. The Hall–Kier alpha value is -5.72. The van der Waals surface area contributed by atoms with Crippen LogP contribution in [0.3, 0.4) is 0 Å². The van der Waals surface area contributed by atoms with E-state index in [0.29, 0.717) is 80.7 Å². The second kappa shape index (κ2) is 27.2. The molecular formula is C55H70N5O10P. The number of nitrogens with one attached hydrogen (secondary N) is 1. The maximum Gasteiger partial charge on any atom is 0.285 e. The number of amides is 4. The third kappa shape index (κ3) is 14.2. The number of ether oxygens (including phenoxy) is 3. The number of rotatable bonds is 29. The van der Waals surface area contributed by atoms with Gasteiger partial charge in [-0.3, -0.25) is 24.0 Å². The first kappa shape index (κ1) is 54.6. The van der Waals surface area contributed by atoms with E-state index in [2.05, 4.69) is 55.9 Å². The van der Waals surface area contributed by atoms with Crippen molar-refractivity contribution in [3.8, 4) is 17.6 Å². The Labute approximate surface area is 420 Å². The molecule has 2 aliphatic heterocycles. The molecule has 0 saturated carbocycles. The first-order valence-electron chi connectivity index (χ1n) is 24.8. The number of nitrogens with zero attached hydrogens (tertiary/aromatic N) is 4. The summed E-state index contributed by atoms with van der Waals surface area (Å²) in [5, 5.41) is 13.2. The fourth-order valence-corrected chi connectivity index (χ4v) is 10.9. The van der Waals surface area contributed by atoms with Crippen LogP contribution in [-0.4, -0.2) is 110 Å². The highest BCUT2D eigenvalue weighted by Gasteiger charge is 2.44. The Bertz CT molecular complexity index is 2290. The van der Waals surface area contributed by atoms with Gasteiger partial charge in [-0.05, 0) is 113 Å². The van der Waals surface area contributed by atoms with Crippen LogP contribution in [0.4, 0.5) is 0 Å². The summed E-state index contributed by atoms with van der Waals surface area (Å²) in [6.07, 6.45) is 5.12. The van der Waals surface area contributed by atoms with E-state index in [9.17, 15) is 24.4 Å². The highest BCUT2D eigenvalue weighted by molar-refractivity contribution is 7.44. The number of fused-ring (bicyclic) bond motifs is 1. The average Bonchev–Trinajstić information content (AvgIpc) is 3.90. The fraction of sp³-hybridized carbons (Fsp3) is 0.473. The lowest BCUT2D eigenvalue weighted by Gasteiger charge is -2.38. The minimum Gasteiger partial charge on any atom is -0.497 e. The molecule has 1 N–H and O–H groups in total. The third-order valence-electron chi connectivity index (χ3n) is 12.7. The SMILES string of the molecule is COc1ccc(C(OC[C@@H]2C[C@@H](OP(OCCC#N)N(C(C)C)C(C)C)CN2C(=O)CCCCCNC(=O)CCCCCON2C(=O)c3ccccc3C2=O)(c2ccccc2)c2ccc(OC)cc2)cc1. The Morgan fingerprint density at radius 2 is 1.31 bits per heavy atom. The summed E-state index contributed by atoms with van der Waals surface area (Å²) in [6, 6.07) is 34.5. The summed E-state index contributed by atoms with van der Waals surface area (Å²) in [4.78, 5) is 59.5. The quantitative estimate of drug-likeness (QED) is 0.0237. The van der Waals surface area contributed by atoms with Crippen LogP contribution in [0.2, 0.25) is 0 Å². The molecule has 16 heteroatoms. The van der Waals surface area contributed by atoms with Crippen molar-refractivity contribution in [1.29, 1.82) is 5.26 Å². The summed E-state index contributed by atoms with van der Waals surface area (Å²) >= 11 is 0. The molecular weight excluding hydrogens is 922 g/mol. The topological polar surface area (TPSA) is 169 Å². The van der Waals surface area contributed by atoms with Gasteiger partial charge in [0.15, 0.2) is 0 Å². The number of methoxy groups -OCH3 is 2. The van der Waals surface area contributed by atoms with Crippen LogP contribution in [0.5, 0.6) is 11.5 Å². The van der Waals surface area contributed by atoms with Crippen LogP contribution in [0.15, 0.2) is 103 Å². The molecule has 3 atom stereocenters. The van der Waals surface area contributed by atoms with E-state index in [0.717, 1.165) is 34.6 Å². The van der Waals surface area contributed by atoms with E-state index in [1.807, 2.05) is 71.6 Å². The number of imide groups is 1. The molecule has 0 aliphatic carbocycles. The maximum atomic E-state index is 14.4. The number of carbonyl (C=O) groups is 4. The predicted octanol–water partition coefficient (Wildman–Crippen LogP) is 9.74. The van der Waals surface area contributed by atoms with Crippen LogP contribution in [0.25, 0.3) is 0 Å². The van der Waals surface area contributed by atoms with Crippen LogP contribution in [0.1, 0.15) is 129 Å². The van der Waals surface area contributed by atoms with Crippen molar-refractivity contribution >= 4 is 32.2 Å². The largest absolute Gasteiger partial charge is 0.497 e. The van der Waals surface area contributed by atoms with Gasteiger partial charge in [0.2, 0.25) is 11.8 Å². The first-order chi connectivity index (χ1) is 34.4. The summed E-state index contributed by atoms with van der Waals surface area (Å²) in [7, 11) is 1.72. The minimum absolute atomic E-state index is 0.000718. The van der Waals surface area contributed by atoms with Crippen LogP contribution in [-0.2, 0) is 33.8 Å². The summed E-state index contributed by atoms with van der Waals surface area (Å²) in [5.41, 5.74) is 2.27. The van der Waals surface area contributed by atoms with Gasteiger partial charge in [0.1, 0.15) is 17.1 Å². The molecule has 71 heavy (non-hydrogen) atoms. The molecule has 2 aliphatic rings. The molecule has 1 saturated heterocycles. The van der Waals surface area contributed by atoms with Crippen molar-refractivity contribution in [2.45, 2.75) is 122 Å². The predicted molar refractivity (Wildman–Crippen MR) is 271 cm³/mol. The molecule has 1 fully saturated rings. The molecule has 4 aromatic rings. The van der Waals surface area contributed by atoms with Crippen LogP contribution < -0.4 is 14.8 Å². The second-order valence-electron chi connectivity index (χ2n) is 18.3. The summed E-state index contributed by atoms with van der Waals surface area (Å²) < 4.78 is 33.8. The molecule has 0 bridgehead atoms. The number of likely N-dealkylation sites (tertiary alicyclic amines) is 1. The summed E-state index contributed by atoms with van der Waals surface area (Å²) in [6.45, 7) is 9.89. The second-order valence-corrected chi connectivity index (χ2v) is 19.7. The van der Waals surface area contributed by atoms with Crippen molar-refractivity contribution in [1.82, 2.24) is 20.0 Å². The standard InChI is InChI=1S/C55H70N5O10P/c1-40(2)60(41(3)4)71(69-36-18-33-56)70-48-37-45(39-67-55(42-19-10-7-11-20-42,43-25-29-46(65-5)30-26-43)44-27-31-47(66-6)32-28-44)58(38-48)52(62)24-13-8-16-34-57-51(61)23-12-9-17-35-68-59-53(63)49-21-14-15-22-50(49)54(59)64/h7,10-11,14-15,19-22,25-32,40-41,45,48H,8-9,12-13,16-18,23-24,34-39H2,1-6H3,(H,57,61)/t45-,48+,71?/m0/s1. The third-order valence-corrected chi connectivity index (χ3v) is 14.9. The highest BCUT2D eigenvalue weighted by Crippen LogP contribution is 2.49. The molecule has 6 rings (SSSR count). The first-order valence-corrected chi connectivity index (χ1v) is 25.9.